The van der Waals surface area contributed by atoms with Crippen LogP contribution in [0.4, 0.5) is 0 Å². The van der Waals surface area contributed by atoms with E-state index in [1.807, 2.05) is 6.92 Å². The third-order valence-electron chi connectivity index (χ3n) is 5.96. The lowest BCUT2D eigenvalue weighted by Crippen LogP contribution is -2.48. The topological polar surface area (TPSA) is 62.5 Å². The van der Waals surface area contributed by atoms with Crippen LogP contribution in [0.3, 0.4) is 0 Å². The van der Waals surface area contributed by atoms with Gasteiger partial charge in [0.25, 0.3) is 0 Å². The number of hydrogen-bond donors (Lipinski definition) is 0. The van der Waals surface area contributed by atoms with Crippen LogP contribution in [0, 0.1) is 0 Å². The van der Waals surface area contributed by atoms with E-state index in [9.17, 15) is 4.79 Å². The maximum Gasteiger partial charge on any atom is 0.243 e. The van der Waals surface area contributed by atoms with Gasteiger partial charge in [-0.1, -0.05) is 12.1 Å². The first-order chi connectivity index (χ1) is 11.7. The van der Waals surface area contributed by atoms with Crippen molar-refractivity contribution in [1.29, 1.82) is 0 Å². The summed E-state index contributed by atoms with van der Waals surface area (Å²) in [4.78, 5) is 21.5. The molecule has 0 radical (unpaired) electrons. The second-order valence-electron chi connectivity index (χ2n) is 7.54. The highest BCUT2D eigenvalue weighted by Crippen LogP contribution is 2.40. The Labute approximate surface area is 143 Å². The van der Waals surface area contributed by atoms with Gasteiger partial charge in [-0.25, -0.2) is 0 Å². The maximum atomic E-state index is 12.3. The third kappa shape index (κ3) is 2.85. The number of likely N-dealkylation sites (tertiary alicyclic amines) is 2. The standard InChI is InChI=1S/C18H28N4O2/c1-3-16(23)22-11-5-7-15(22)14-6-4-10-21(14)12(2)18-19-17(20-24-18)13-8-9-13/h12-15H,3-11H2,1-2H3/t12-,14-,15-/m1/s1. The van der Waals surface area contributed by atoms with Crippen LogP contribution < -0.4 is 0 Å². The fourth-order valence-electron chi connectivity index (χ4n) is 4.48. The van der Waals surface area contributed by atoms with Gasteiger partial charge in [0, 0.05) is 31.0 Å². The number of aromatic nitrogens is 2. The van der Waals surface area contributed by atoms with Crippen molar-refractivity contribution in [2.75, 3.05) is 13.1 Å². The van der Waals surface area contributed by atoms with Gasteiger partial charge in [-0.05, 0) is 52.0 Å². The number of amides is 1. The molecule has 24 heavy (non-hydrogen) atoms. The molecule has 0 N–H and O–H groups in total. The summed E-state index contributed by atoms with van der Waals surface area (Å²) in [6.07, 6.45) is 7.58. The number of rotatable bonds is 5. The summed E-state index contributed by atoms with van der Waals surface area (Å²) in [6, 6.07) is 0.916. The van der Waals surface area contributed by atoms with Crippen molar-refractivity contribution < 1.29 is 9.32 Å². The molecule has 3 aliphatic rings. The molecule has 0 unspecified atom stereocenters. The van der Waals surface area contributed by atoms with Crippen LogP contribution in [0.2, 0.25) is 0 Å². The van der Waals surface area contributed by atoms with E-state index in [1.54, 1.807) is 0 Å². The molecule has 4 rings (SSSR count). The summed E-state index contributed by atoms with van der Waals surface area (Å²) in [5, 5.41) is 4.17. The highest BCUT2D eigenvalue weighted by atomic mass is 16.5. The quantitative estimate of drug-likeness (QED) is 0.829. The summed E-state index contributed by atoms with van der Waals surface area (Å²) in [6.45, 7) is 6.11. The first kappa shape index (κ1) is 16.1. The monoisotopic (exact) mass is 332 g/mol. The Morgan fingerprint density at radius 2 is 1.96 bits per heavy atom. The maximum absolute atomic E-state index is 12.3. The Hall–Kier alpha value is -1.43. The van der Waals surface area contributed by atoms with Gasteiger partial charge >= 0.3 is 0 Å². The summed E-state index contributed by atoms with van der Waals surface area (Å²) in [5.41, 5.74) is 0. The number of carbonyl (C=O) groups excluding carboxylic acids is 1. The zero-order valence-corrected chi connectivity index (χ0v) is 14.8. The van der Waals surface area contributed by atoms with E-state index in [2.05, 4.69) is 26.9 Å². The average Bonchev–Trinajstić information content (AvgIpc) is 3.04. The summed E-state index contributed by atoms with van der Waals surface area (Å²) < 4.78 is 5.56. The predicted molar refractivity (Wildman–Crippen MR) is 89.4 cm³/mol. The van der Waals surface area contributed by atoms with Gasteiger partial charge in [0.15, 0.2) is 5.82 Å². The molecule has 0 aromatic carbocycles. The molecule has 0 spiro atoms. The fraction of sp³-hybridized carbons (Fsp3) is 0.833. The van der Waals surface area contributed by atoms with Crippen LogP contribution in [0.5, 0.6) is 0 Å². The summed E-state index contributed by atoms with van der Waals surface area (Å²) in [7, 11) is 0. The van der Waals surface area contributed by atoms with Crippen molar-refractivity contribution >= 4 is 5.91 Å². The Kier molecular flexibility index (Phi) is 4.33. The van der Waals surface area contributed by atoms with Gasteiger partial charge in [0.2, 0.25) is 11.8 Å². The van der Waals surface area contributed by atoms with Crippen LogP contribution in [0.25, 0.3) is 0 Å². The second kappa shape index (κ2) is 6.47. The lowest BCUT2D eigenvalue weighted by atomic mass is 10.0. The molecule has 1 amide bonds. The molecule has 1 aromatic rings. The van der Waals surface area contributed by atoms with Gasteiger partial charge in [0.05, 0.1) is 6.04 Å². The molecule has 1 saturated carbocycles. The molecule has 3 fully saturated rings. The minimum Gasteiger partial charge on any atom is -0.338 e. The molecule has 3 atom stereocenters. The van der Waals surface area contributed by atoms with Crippen molar-refractivity contribution in [3.05, 3.63) is 11.7 Å². The highest BCUT2D eigenvalue weighted by molar-refractivity contribution is 5.76. The lowest BCUT2D eigenvalue weighted by molar-refractivity contribution is -0.132. The first-order valence-corrected chi connectivity index (χ1v) is 9.57. The van der Waals surface area contributed by atoms with Crippen molar-refractivity contribution in [2.45, 2.75) is 82.8 Å². The van der Waals surface area contributed by atoms with Gasteiger partial charge in [-0.2, -0.15) is 4.98 Å². The molecule has 1 aromatic heterocycles. The number of hydrogen-bond acceptors (Lipinski definition) is 5. The molecule has 6 heteroatoms. The molecule has 2 saturated heterocycles. The molecule has 132 valence electrons. The lowest BCUT2D eigenvalue weighted by Gasteiger charge is -2.36. The molecule has 1 aliphatic carbocycles. The molecule has 0 bridgehead atoms. The molecule has 6 nitrogen and oxygen atoms in total. The summed E-state index contributed by atoms with van der Waals surface area (Å²) in [5.74, 6) is 2.45. The van der Waals surface area contributed by atoms with Crippen LogP contribution in [0.1, 0.15) is 82.5 Å². The fourth-order valence-corrected chi connectivity index (χ4v) is 4.48. The molecular weight excluding hydrogens is 304 g/mol. The van der Waals surface area contributed by atoms with E-state index in [-0.39, 0.29) is 6.04 Å². The average molecular weight is 332 g/mol. The highest BCUT2D eigenvalue weighted by Gasteiger charge is 2.42. The van der Waals surface area contributed by atoms with Crippen molar-refractivity contribution in [2.24, 2.45) is 0 Å². The van der Waals surface area contributed by atoms with E-state index in [1.165, 1.54) is 19.3 Å². The Morgan fingerprint density at radius 1 is 1.21 bits per heavy atom. The van der Waals surface area contributed by atoms with E-state index in [0.29, 0.717) is 30.3 Å². The second-order valence-corrected chi connectivity index (χ2v) is 7.54. The van der Waals surface area contributed by atoms with Crippen molar-refractivity contribution in [3.8, 4) is 0 Å². The summed E-state index contributed by atoms with van der Waals surface area (Å²) >= 11 is 0. The van der Waals surface area contributed by atoms with Crippen LogP contribution in [-0.4, -0.2) is 51.0 Å². The van der Waals surface area contributed by atoms with Crippen LogP contribution in [0.15, 0.2) is 4.52 Å². The van der Waals surface area contributed by atoms with E-state index in [4.69, 9.17) is 4.52 Å². The number of carbonyl (C=O) groups is 1. The largest absolute Gasteiger partial charge is 0.338 e. The van der Waals surface area contributed by atoms with Gasteiger partial charge in [-0.15, -0.1) is 0 Å². The molecule has 2 aliphatic heterocycles. The zero-order chi connectivity index (χ0) is 16.7. The van der Waals surface area contributed by atoms with E-state index < -0.39 is 0 Å². The molecule has 3 heterocycles. The first-order valence-electron chi connectivity index (χ1n) is 9.57. The van der Waals surface area contributed by atoms with Crippen molar-refractivity contribution in [3.63, 3.8) is 0 Å². The van der Waals surface area contributed by atoms with Gasteiger partial charge < -0.3 is 9.42 Å². The van der Waals surface area contributed by atoms with Gasteiger partial charge in [-0.3, -0.25) is 9.69 Å². The van der Waals surface area contributed by atoms with Gasteiger partial charge in [0.1, 0.15) is 0 Å². The van der Waals surface area contributed by atoms with Crippen LogP contribution >= 0.6 is 0 Å². The smallest absolute Gasteiger partial charge is 0.243 e. The normalized spacial score (nSPS) is 29.3. The Balaban J connectivity index is 1.50. The van der Waals surface area contributed by atoms with E-state index in [0.717, 1.165) is 44.1 Å². The molecular formula is C18H28N4O2. The third-order valence-corrected chi connectivity index (χ3v) is 5.96. The minimum atomic E-state index is 0.136. The minimum absolute atomic E-state index is 0.136. The van der Waals surface area contributed by atoms with Crippen LogP contribution in [-0.2, 0) is 4.79 Å². The predicted octanol–water partition coefficient (Wildman–Crippen LogP) is 2.87. The van der Waals surface area contributed by atoms with E-state index >= 15 is 0 Å². The zero-order valence-electron chi connectivity index (χ0n) is 14.8. The SMILES string of the molecule is CCC(=O)N1CCC[C@@H]1[C@H]1CCCN1[C@H](C)c1nc(C2CC2)no1. The number of nitrogens with zero attached hydrogens (tertiary/aromatic N) is 4. The Bertz CT molecular complexity index is 598. The van der Waals surface area contributed by atoms with Crippen molar-refractivity contribution in [1.82, 2.24) is 19.9 Å². The Morgan fingerprint density at radius 3 is 2.71 bits per heavy atom.